The van der Waals surface area contributed by atoms with Gasteiger partial charge in [-0.25, -0.2) is 0 Å². The molecule has 0 radical (unpaired) electrons. The zero-order valence-corrected chi connectivity index (χ0v) is 16.1. The van der Waals surface area contributed by atoms with Gasteiger partial charge >= 0.3 is 0 Å². The van der Waals surface area contributed by atoms with Crippen LogP contribution in [0.15, 0.2) is 12.2 Å². The average Bonchev–Trinajstić information content (AvgIpc) is 3.11. The maximum Gasteiger partial charge on any atom is 0.137 e. The van der Waals surface area contributed by atoms with Crippen molar-refractivity contribution in [3.8, 4) is 0 Å². The molecule has 2 heteroatoms. The molecule has 0 unspecified atom stereocenters. The molecule has 25 heavy (non-hydrogen) atoms. The van der Waals surface area contributed by atoms with Crippen molar-refractivity contribution in [3.63, 3.8) is 0 Å². The molecule has 7 atom stereocenters. The lowest BCUT2D eigenvalue weighted by Crippen LogP contribution is -2.37. The van der Waals surface area contributed by atoms with Gasteiger partial charge in [-0.2, -0.15) is 0 Å². The van der Waals surface area contributed by atoms with E-state index in [1.54, 1.807) is 0 Å². The lowest BCUT2D eigenvalue weighted by Gasteiger charge is -2.28. The van der Waals surface area contributed by atoms with Crippen LogP contribution < -0.4 is 5.73 Å². The van der Waals surface area contributed by atoms with Crippen molar-refractivity contribution in [1.29, 1.82) is 0 Å². The Morgan fingerprint density at radius 1 is 1.20 bits per heavy atom. The molecule has 0 aromatic rings. The predicted octanol–water partition coefficient (Wildman–Crippen LogP) is 5.12. The third kappa shape index (κ3) is 2.74. The highest BCUT2D eigenvalue weighted by Crippen LogP contribution is 2.73. The average molecular weight is 344 g/mol. The van der Waals surface area contributed by atoms with Crippen molar-refractivity contribution in [2.75, 3.05) is 0 Å². The molecule has 0 aromatic heterocycles. The molecule has 0 bridgehead atoms. The van der Waals surface area contributed by atoms with E-state index in [4.69, 9.17) is 5.73 Å². The summed E-state index contributed by atoms with van der Waals surface area (Å²) in [7, 11) is 0. The third-order valence-electron chi connectivity index (χ3n) is 8.81. The largest absolute Gasteiger partial charge is 0.321 e. The molecule has 2 nitrogen and oxygen atoms in total. The van der Waals surface area contributed by atoms with Crippen molar-refractivity contribution >= 4 is 6.29 Å². The van der Waals surface area contributed by atoms with Crippen LogP contribution in [0, 0.1) is 40.9 Å². The zero-order chi connectivity index (χ0) is 17.6. The minimum atomic E-state index is -0.247. The van der Waals surface area contributed by atoms with Gasteiger partial charge in [0.2, 0.25) is 0 Å². The molecule has 2 N–H and O–H groups in total. The van der Waals surface area contributed by atoms with E-state index in [9.17, 15) is 4.79 Å². The van der Waals surface area contributed by atoms with Gasteiger partial charge in [0.1, 0.15) is 6.29 Å². The Morgan fingerprint density at radius 3 is 2.64 bits per heavy atom. The number of rotatable bonds is 5. The summed E-state index contributed by atoms with van der Waals surface area (Å²) in [6.07, 6.45) is 15.8. The molecule has 0 aromatic carbocycles. The minimum absolute atomic E-state index is 0.127. The van der Waals surface area contributed by atoms with Gasteiger partial charge in [0.15, 0.2) is 0 Å². The van der Waals surface area contributed by atoms with E-state index >= 15 is 0 Å². The summed E-state index contributed by atoms with van der Waals surface area (Å²) in [5, 5.41) is 0. The van der Waals surface area contributed by atoms with Crippen LogP contribution in [0.4, 0.5) is 0 Å². The minimum Gasteiger partial charge on any atom is -0.321 e. The van der Waals surface area contributed by atoms with Crippen LogP contribution in [-0.4, -0.2) is 12.3 Å². The second kappa shape index (κ2) is 6.83. The molecule has 4 rings (SSSR count). The smallest absolute Gasteiger partial charge is 0.137 e. The van der Waals surface area contributed by atoms with Gasteiger partial charge in [0, 0.05) is 0 Å². The highest BCUT2D eigenvalue weighted by Gasteiger charge is 2.70. The Morgan fingerprint density at radius 2 is 1.96 bits per heavy atom. The molecule has 0 saturated heterocycles. The fourth-order valence-electron chi connectivity index (χ4n) is 7.76. The molecule has 4 aliphatic rings. The number of fused-ring (bicyclic) bond motifs is 3. The van der Waals surface area contributed by atoms with E-state index in [1.807, 2.05) is 0 Å². The lowest BCUT2D eigenvalue weighted by molar-refractivity contribution is -0.110. The number of aldehydes is 1. The van der Waals surface area contributed by atoms with E-state index in [-0.39, 0.29) is 11.5 Å². The van der Waals surface area contributed by atoms with Crippen LogP contribution in [0.1, 0.15) is 77.6 Å². The molecule has 0 amide bonds. The summed E-state index contributed by atoms with van der Waals surface area (Å²) in [5.41, 5.74) is 8.07. The van der Waals surface area contributed by atoms with Crippen molar-refractivity contribution in [2.24, 2.45) is 46.7 Å². The number of hydrogen-bond donors (Lipinski definition) is 1. The van der Waals surface area contributed by atoms with Crippen molar-refractivity contribution in [3.05, 3.63) is 12.2 Å². The highest BCUT2D eigenvalue weighted by atomic mass is 16.1. The molecule has 4 aliphatic carbocycles. The second-order valence-electron chi connectivity index (χ2n) is 9.75. The van der Waals surface area contributed by atoms with E-state index in [2.05, 4.69) is 13.5 Å². The Bertz CT molecular complexity index is 522. The van der Waals surface area contributed by atoms with E-state index in [1.165, 1.54) is 63.4 Å². The maximum atomic E-state index is 11.6. The van der Waals surface area contributed by atoms with Gasteiger partial charge < -0.3 is 10.5 Å². The topological polar surface area (TPSA) is 43.1 Å². The van der Waals surface area contributed by atoms with Crippen molar-refractivity contribution < 1.29 is 4.79 Å². The molecular weight excluding hydrogens is 306 g/mol. The second-order valence-corrected chi connectivity index (χ2v) is 9.75. The summed E-state index contributed by atoms with van der Waals surface area (Å²) in [6.45, 7) is 6.77. The van der Waals surface area contributed by atoms with Crippen LogP contribution in [-0.2, 0) is 4.79 Å². The van der Waals surface area contributed by atoms with Gasteiger partial charge in [-0.3, -0.25) is 0 Å². The molecule has 0 spiro atoms. The van der Waals surface area contributed by atoms with Crippen LogP contribution >= 0.6 is 0 Å². The lowest BCUT2D eigenvalue weighted by atomic mass is 9.78. The van der Waals surface area contributed by atoms with Gasteiger partial charge in [0.05, 0.1) is 6.04 Å². The number of allylic oxidation sites excluding steroid dienone is 1. The van der Waals surface area contributed by atoms with Crippen molar-refractivity contribution in [1.82, 2.24) is 0 Å². The predicted molar refractivity (Wildman–Crippen MR) is 103 cm³/mol. The standard InChI is InChI=1S/C23H37NO/c1-3-11-23(21(24)14-25)20-10-9-15(2)18-12-17(13-19(18)22(20)23)16-7-5-4-6-8-16/h14,16-22H,2-13,24H2,1H3/t17-,18+,19+,20+,21+,22-,23+/m0/s1. The number of carbonyl (C=O) groups excluding carboxylic acids is 1. The summed E-state index contributed by atoms with van der Waals surface area (Å²) in [6, 6.07) is -0.247. The van der Waals surface area contributed by atoms with Crippen LogP contribution in [0.5, 0.6) is 0 Å². The monoisotopic (exact) mass is 343 g/mol. The van der Waals surface area contributed by atoms with E-state index < -0.39 is 0 Å². The normalized spacial score (nSPS) is 45.4. The number of nitrogens with two attached hydrogens (primary N) is 1. The molecule has 0 aliphatic heterocycles. The Labute approximate surface area is 154 Å². The summed E-state index contributed by atoms with van der Waals surface area (Å²) < 4.78 is 0. The van der Waals surface area contributed by atoms with Crippen molar-refractivity contribution in [2.45, 2.75) is 83.6 Å². The van der Waals surface area contributed by atoms with Gasteiger partial charge in [-0.1, -0.05) is 57.6 Å². The van der Waals surface area contributed by atoms with Crippen LogP contribution in [0.3, 0.4) is 0 Å². The first-order valence-corrected chi connectivity index (χ1v) is 11.0. The SMILES string of the molecule is C=C1CC[C@@H]2[C@H]([C@@H]3C[C@@H](C4CCCCC4)C[C@H]13)[C@@]2(CCC)[C@H](N)C=O. The Hall–Kier alpha value is -0.630. The first-order valence-electron chi connectivity index (χ1n) is 11.0. The Balaban J connectivity index is 1.57. The summed E-state index contributed by atoms with van der Waals surface area (Å²) >= 11 is 0. The molecule has 140 valence electrons. The summed E-state index contributed by atoms with van der Waals surface area (Å²) in [5.74, 6) is 4.75. The fourth-order valence-corrected chi connectivity index (χ4v) is 7.76. The van der Waals surface area contributed by atoms with Gasteiger partial charge in [-0.15, -0.1) is 0 Å². The Kier molecular flexibility index (Phi) is 4.86. The number of hydrogen-bond acceptors (Lipinski definition) is 2. The highest BCUT2D eigenvalue weighted by molar-refractivity contribution is 5.61. The molecule has 0 heterocycles. The molecule has 4 fully saturated rings. The zero-order valence-electron chi connectivity index (χ0n) is 16.1. The molecule has 4 saturated carbocycles. The van der Waals surface area contributed by atoms with Crippen LogP contribution in [0.2, 0.25) is 0 Å². The summed E-state index contributed by atoms with van der Waals surface area (Å²) in [4.78, 5) is 11.6. The number of carbonyl (C=O) groups is 1. The van der Waals surface area contributed by atoms with Gasteiger partial charge in [-0.05, 0) is 73.0 Å². The third-order valence-corrected chi connectivity index (χ3v) is 8.81. The molecular formula is C23H37NO. The fraction of sp³-hybridized carbons (Fsp3) is 0.870. The van der Waals surface area contributed by atoms with E-state index in [0.29, 0.717) is 11.8 Å². The maximum absolute atomic E-state index is 11.6. The van der Waals surface area contributed by atoms with E-state index in [0.717, 1.165) is 42.8 Å². The first-order chi connectivity index (χ1) is 12.1. The van der Waals surface area contributed by atoms with Gasteiger partial charge in [0.25, 0.3) is 0 Å². The first kappa shape index (κ1) is 17.8. The van der Waals surface area contributed by atoms with Crippen LogP contribution in [0.25, 0.3) is 0 Å². The quantitative estimate of drug-likeness (QED) is 0.556.